The summed E-state index contributed by atoms with van der Waals surface area (Å²) in [5.41, 5.74) is -0.830. The van der Waals surface area contributed by atoms with Gasteiger partial charge in [-0.2, -0.15) is 0 Å². The molecule has 0 saturated carbocycles. The molecule has 1 aliphatic heterocycles. The Morgan fingerprint density at radius 1 is 1.32 bits per heavy atom. The van der Waals surface area contributed by atoms with Gasteiger partial charge in [0.2, 0.25) is 0 Å². The zero-order valence-corrected chi connectivity index (χ0v) is 13.4. The molecule has 2 heterocycles. The summed E-state index contributed by atoms with van der Waals surface area (Å²) >= 11 is 0. The van der Waals surface area contributed by atoms with E-state index in [-0.39, 0.29) is 5.54 Å². The van der Waals surface area contributed by atoms with Gasteiger partial charge in [0.25, 0.3) is 6.02 Å². The lowest BCUT2D eigenvalue weighted by atomic mass is 10.1. The molecule has 0 unspecified atom stereocenters. The predicted octanol–water partition coefficient (Wildman–Crippen LogP) is 2.40. The van der Waals surface area contributed by atoms with Gasteiger partial charge in [-0.1, -0.05) is 0 Å². The lowest BCUT2D eigenvalue weighted by Gasteiger charge is -2.19. The number of hydrogen-bond donors (Lipinski definition) is 2. The van der Waals surface area contributed by atoms with Crippen LogP contribution in [0.3, 0.4) is 0 Å². The van der Waals surface area contributed by atoms with Crippen molar-refractivity contribution in [3.8, 4) is 0 Å². The fourth-order valence-corrected chi connectivity index (χ4v) is 1.66. The van der Waals surface area contributed by atoms with Gasteiger partial charge in [0, 0.05) is 6.07 Å². The van der Waals surface area contributed by atoms with Crippen molar-refractivity contribution in [3.05, 3.63) is 12.4 Å². The Hall–Kier alpha value is -2.38. The van der Waals surface area contributed by atoms with E-state index in [1.54, 1.807) is 26.8 Å². The highest BCUT2D eigenvalue weighted by Gasteiger charge is 2.26. The summed E-state index contributed by atoms with van der Waals surface area (Å²) in [5.74, 6) is 0.794. The fourth-order valence-electron chi connectivity index (χ4n) is 1.66. The van der Waals surface area contributed by atoms with E-state index in [9.17, 15) is 4.79 Å². The number of anilines is 2. The fraction of sp³-hybridized carbons (Fsp3) is 0.571. The summed E-state index contributed by atoms with van der Waals surface area (Å²) in [4.78, 5) is 24.1. The van der Waals surface area contributed by atoms with Crippen LogP contribution in [0.15, 0.2) is 17.4 Å². The van der Waals surface area contributed by atoms with Gasteiger partial charge in [-0.25, -0.2) is 19.8 Å². The van der Waals surface area contributed by atoms with Gasteiger partial charge in [0.05, 0.1) is 5.54 Å². The van der Waals surface area contributed by atoms with Gasteiger partial charge in [0.15, 0.2) is 0 Å². The van der Waals surface area contributed by atoms with Gasteiger partial charge in [-0.05, 0) is 34.6 Å². The van der Waals surface area contributed by atoms with E-state index >= 15 is 0 Å². The van der Waals surface area contributed by atoms with Crippen LogP contribution in [0.25, 0.3) is 0 Å². The van der Waals surface area contributed by atoms with Crippen LogP contribution >= 0.6 is 0 Å². The minimum atomic E-state index is -0.576. The maximum atomic E-state index is 11.7. The highest BCUT2D eigenvalue weighted by molar-refractivity contribution is 5.90. The molecule has 0 aromatic carbocycles. The van der Waals surface area contributed by atoms with Crippen LogP contribution in [0.1, 0.15) is 34.6 Å². The molecule has 0 fully saturated rings. The Morgan fingerprint density at radius 3 is 2.59 bits per heavy atom. The number of nitrogens with one attached hydrogen (secondary N) is 2. The summed E-state index contributed by atoms with van der Waals surface area (Å²) in [7, 11) is 0. The number of ether oxygens (including phenoxy) is 2. The van der Waals surface area contributed by atoms with Crippen molar-refractivity contribution in [2.75, 3.05) is 17.2 Å². The van der Waals surface area contributed by atoms with Crippen LogP contribution < -0.4 is 10.6 Å². The number of amidine groups is 1. The summed E-state index contributed by atoms with van der Waals surface area (Å²) in [6, 6.07) is 1.97. The minimum Gasteiger partial charge on any atom is -0.462 e. The smallest absolute Gasteiger partial charge is 0.413 e. The summed E-state index contributed by atoms with van der Waals surface area (Å²) in [6.07, 6.45) is 0.753. The molecule has 0 radical (unpaired) electrons. The van der Waals surface area contributed by atoms with Gasteiger partial charge in [0.1, 0.15) is 30.2 Å². The summed E-state index contributed by atoms with van der Waals surface area (Å²) in [5, 5.41) is 5.49. The van der Waals surface area contributed by atoms with E-state index in [1.165, 1.54) is 6.33 Å². The number of rotatable bonds is 2. The second-order valence-corrected chi connectivity index (χ2v) is 6.56. The molecule has 0 spiro atoms. The number of aromatic nitrogens is 2. The van der Waals surface area contributed by atoms with E-state index in [2.05, 4.69) is 25.6 Å². The molecule has 1 amide bonds. The highest BCUT2D eigenvalue weighted by atomic mass is 16.6. The molecule has 2 rings (SSSR count). The normalized spacial score (nSPS) is 16.5. The Labute approximate surface area is 129 Å². The third kappa shape index (κ3) is 4.87. The molecule has 0 atom stereocenters. The number of nitrogens with zero attached hydrogens (tertiary/aromatic N) is 3. The minimum absolute atomic E-state index is 0.257. The molecule has 1 aromatic heterocycles. The monoisotopic (exact) mass is 307 g/mol. The summed E-state index contributed by atoms with van der Waals surface area (Å²) < 4.78 is 10.6. The number of aliphatic imine (C=N–C) groups is 1. The standard InChI is InChI=1S/C14H21N5O3/c1-13(2,3)22-12(20)18-10-6-9(15-8-16-10)17-11-19-14(4,5)7-21-11/h6,8H,7H2,1-5H3,(H2,15,16,17,18,19,20). The van der Waals surface area contributed by atoms with Crippen LogP contribution in [0.4, 0.5) is 16.4 Å². The van der Waals surface area contributed by atoms with Crippen LogP contribution in [-0.4, -0.2) is 39.8 Å². The zero-order valence-electron chi connectivity index (χ0n) is 13.4. The molecule has 1 aromatic rings. The van der Waals surface area contributed by atoms with Crippen molar-refractivity contribution in [2.24, 2.45) is 4.99 Å². The molecule has 0 aliphatic carbocycles. The first kappa shape index (κ1) is 16.0. The molecule has 2 N–H and O–H groups in total. The van der Waals surface area contributed by atoms with E-state index in [0.29, 0.717) is 24.3 Å². The number of hydrogen-bond acceptors (Lipinski definition) is 7. The molecule has 0 saturated heterocycles. The van der Waals surface area contributed by atoms with Crippen LogP contribution in [0.5, 0.6) is 0 Å². The highest BCUT2D eigenvalue weighted by Crippen LogP contribution is 2.18. The van der Waals surface area contributed by atoms with Crippen LogP contribution in [0, 0.1) is 0 Å². The van der Waals surface area contributed by atoms with E-state index in [0.717, 1.165) is 0 Å². The first-order chi connectivity index (χ1) is 10.1. The second-order valence-electron chi connectivity index (χ2n) is 6.56. The molecule has 120 valence electrons. The Balaban J connectivity index is 2.00. The first-order valence-electron chi connectivity index (χ1n) is 6.95. The van der Waals surface area contributed by atoms with Gasteiger partial charge >= 0.3 is 6.09 Å². The zero-order chi connectivity index (χ0) is 16.4. The summed E-state index contributed by atoms with van der Waals surface area (Å²) in [6.45, 7) is 9.81. The molecular formula is C14H21N5O3. The Morgan fingerprint density at radius 2 is 2.00 bits per heavy atom. The van der Waals surface area contributed by atoms with Crippen LogP contribution in [0.2, 0.25) is 0 Å². The van der Waals surface area contributed by atoms with Crippen molar-refractivity contribution in [1.82, 2.24) is 9.97 Å². The van der Waals surface area contributed by atoms with E-state index in [1.807, 2.05) is 13.8 Å². The van der Waals surface area contributed by atoms with Crippen molar-refractivity contribution < 1.29 is 14.3 Å². The lowest BCUT2D eigenvalue weighted by molar-refractivity contribution is 0.0635. The molecule has 22 heavy (non-hydrogen) atoms. The number of carbonyl (C=O) groups excluding carboxylic acids is 1. The van der Waals surface area contributed by atoms with Crippen molar-refractivity contribution in [2.45, 2.75) is 45.8 Å². The Kier molecular flexibility index (Phi) is 4.20. The molecule has 1 aliphatic rings. The predicted molar refractivity (Wildman–Crippen MR) is 83.0 cm³/mol. The van der Waals surface area contributed by atoms with Gasteiger partial charge in [-0.15, -0.1) is 0 Å². The van der Waals surface area contributed by atoms with Gasteiger partial charge in [-0.3, -0.25) is 10.6 Å². The van der Waals surface area contributed by atoms with E-state index < -0.39 is 11.7 Å². The van der Waals surface area contributed by atoms with Crippen molar-refractivity contribution >= 4 is 23.8 Å². The molecular weight excluding hydrogens is 286 g/mol. The lowest BCUT2D eigenvalue weighted by Crippen LogP contribution is -2.27. The molecule has 0 bridgehead atoms. The third-order valence-corrected chi connectivity index (χ3v) is 2.50. The number of carbonyl (C=O) groups is 1. The van der Waals surface area contributed by atoms with Crippen LogP contribution in [-0.2, 0) is 9.47 Å². The average Bonchev–Trinajstić information content (AvgIpc) is 2.66. The third-order valence-electron chi connectivity index (χ3n) is 2.50. The maximum absolute atomic E-state index is 11.7. The molecule has 8 heteroatoms. The van der Waals surface area contributed by atoms with Crippen molar-refractivity contribution in [1.29, 1.82) is 0 Å². The maximum Gasteiger partial charge on any atom is 0.413 e. The van der Waals surface area contributed by atoms with Crippen molar-refractivity contribution in [3.63, 3.8) is 0 Å². The quantitative estimate of drug-likeness (QED) is 0.870. The first-order valence-corrected chi connectivity index (χ1v) is 6.95. The topological polar surface area (TPSA) is 97.7 Å². The molecule has 8 nitrogen and oxygen atoms in total. The largest absolute Gasteiger partial charge is 0.462 e. The van der Waals surface area contributed by atoms with E-state index in [4.69, 9.17) is 9.47 Å². The average molecular weight is 307 g/mol. The number of amides is 1. The second kappa shape index (κ2) is 5.78. The Bertz CT molecular complexity index is 592. The van der Waals surface area contributed by atoms with Gasteiger partial charge < -0.3 is 9.47 Å². The SMILES string of the molecule is CC1(C)COC(Nc2cc(NC(=O)OC(C)(C)C)ncn2)=N1.